The third-order valence-corrected chi connectivity index (χ3v) is 4.84. The molecule has 0 saturated carbocycles. The first-order valence-corrected chi connectivity index (χ1v) is 9.46. The molecule has 0 spiro atoms. The van der Waals surface area contributed by atoms with Crippen molar-refractivity contribution < 1.29 is 19.0 Å². The van der Waals surface area contributed by atoms with E-state index in [9.17, 15) is 10.1 Å². The van der Waals surface area contributed by atoms with E-state index in [-0.39, 0.29) is 10.8 Å². The summed E-state index contributed by atoms with van der Waals surface area (Å²) in [5.74, 6) is 0.296. The highest BCUT2D eigenvalue weighted by Gasteiger charge is 2.19. The highest BCUT2D eigenvalue weighted by Crippen LogP contribution is 2.32. The molecule has 4 rings (SSSR count). The summed E-state index contributed by atoms with van der Waals surface area (Å²) in [6.07, 6.45) is 0. The molecule has 0 amide bonds. The minimum absolute atomic E-state index is 0.0784. The molecule has 1 saturated heterocycles. The zero-order chi connectivity index (χ0) is 21.1. The maximum absolute atomic E-state index is 10.9. The molecule has 2 heterocycles. The van der Waals surface area contributed by atoms with Gasteiger partial charge in [-0.2, -0.15) is 0 Å². The van der Waals surface area contributed by atoms with E-state index in [0.717, 1.165) is 18.8 Å². The fourth-order valence-corrected chi connectivity index (χ4v) is 3.41. The van der Waals surface area contributed by atoms with Crippen molar-refractivity contribution in [2.45, 2.75) is 0 Å². The van der Waals surface area contributed by atoms with Crippen LogP contribution in [0.5, 0.6) is 5.75 Å². The largest absolute Gasteiger partial charge is 0.494 e. The van der Waals surface area contributed by atoms with Crippen LogP contribution in [0.4, 0.5) is 22.7 Å². The van der Waals surface area contributed by atoms with Gasteiger partial charge < -0.3 is 25.0 Å². The minimum atomic E-state index is -0.493. The van der Waals surface area contributed by atoms with Gasteiger partial charge in [0, 0.05) is 19.2 Å². The number of rotatable bonds is 5. The summed E-state index contributed by atoms with van der Waals surface area (Å²) in [6.45, 7) is 2.82. The fraction of sp³-hybridized carbons (Fsp3) is 0.278. The summed E-state index contributed by atoms with van der Waals surface area (Å²) in [5.41, 5.74) is 3.10. The predicted molar refractivity (Wildman–Crippen MR) is 114 cm³/mol. The van der Waals surface area contributed by atoms with Gasteiger partial charge in [0.05, 0.1) is 48.4 Å². The Bertz CT molecular complexity index is 1100. The topological polar surface area (TPSA) is 128 Å². The molecule has 2 aromatic carbocycles. The summed E-state index contributed by atoms with van der Waals surface area (Å²) in [7, 11) is 1.43. The van der Waals surface area contributed by atoms with Gasteiger partial charge in [-0.15, -0.1) is 0 Å². The highest BCUT2D eigenvalue weighted by atomic mass is 32.1. The number of thiocarbonyl (C=S) groups is 1. The van der Waals surface area contributed by atoms with Crippen LogP contribution in [-0.2, 0) is 4.74 Å². The average molecular weight is 430 g/mol. The Labute approximate surface area is 176 Å². The van der Waals surface area contributed by atoms with Crippen molar-refractivity contribution in [3.05, 3.63) is 40.4 Å². The molecule has 0 bridgehead atoms. The summed E-state index contributed by atoms with van der Waals surface area (Å²) in [5, 5.41) is 25.3. The first-order valence-electron chi connectivity index (χ1n) is 9.05. The quantitative estimate of drug-likeness (QED) is 0.352. The van der Waals surface area contributed by atoms with Gasteiger partial charge in [-0.25, -0.2) is 4.63 Å². The Balaban J connectivity index is 1.54. The van der Waals surface area contributed by atoms with Gasteiger partial charge in [-0.1, -0.05) is 0 Å². The molecule has 0 atom stereocenters. The number of non-ortho nitro benzene ring substituents is 1. The lowest BCUT2D eigenvalue weighted by atomic mass is 10.2. The lowest BCUT2D eigenvalue weighted by Gasteiger charge is -2.28. The van der Waals surface area contributed by atoms with Crippen LogP contribution in [-0.4, -0.2) is 53.8 Å². The average Bonchev–Trinajstić information content (AvgIpc) is 3.25. The second-order valence-corrected chi connectivity index (χ2v) is 6.82. The second kappa shape index (κ2) is 8.47. The van der Waals surface area contributed by atoms with Crippen molar-refractivity contribution in [3.8, 4) is 5.75 Å². The molecule has 1 fully saturated rings. The lowest BCUT2D eigenvalue weighted by molar-refractivity contribution is -0.384. The molecule has 30 heavy (non-hydrogen) atoms. The van der Waals surface area contributed by atoms with Crippen molar-refractivity contribution in [1.82, 2.24) is 10.3 Å². The van der Waals surface area contributed by atoms with Crippen molar-refractivity contribution >= 4 is 51.1 Å². The molecule has 3 aromatic rings. The molecule has 156 valence electrons. The monoisotopic (exact) mass is 430 g/mol. The molecule has 2 N–H and O–H groups in total. The third kappa shape index (κ3) is 3.95. The van der Waals surface area contributed by atoms with E-state index >= 15 is 0 Å². The van der Waals surface area contributed by atoms with E-state index in [1.54, 1.807) is 0 Å². The zero-order valence-corrected chi connectivity index (χ0v) is 16.8. The van der Waals surface area contributed by atoms with Gasteiger partial charge in [0.15, 0.2) is 16.1 Å². The number of aromatic nitrogens is 2. The number of methoxy groups -OCH3 is 1. The van der Waals surface area contributed by atoms with Crippen LogP contribution in [0.1, 0.15) is 0 Å². The molecule has 12 heteroatoms. The molecule has 0 radical (unpaired) electrons. The van der Waals surface area contributed by atoms with E-state index in [4.69, 9.17) is 26.3 Å². The standard InChI is InChI=1S/C18H18N6O5S/c1-27-15-10-11(24(25)26)2-3-12(15)19-18(30)20-13-4-5-14(17-16(13)21-29-22-17)23-6-8-28-9-7-23/h2-5,10H,6-9H2,1H3,(H2,19,20,30). The molecule has 0 unspecified atom stereocenters. The maximum atomic E-state index is 10.9. The number of fused-ring (bicyclic) bond motifs is 1. The minimum Gasteiger partial charge on any atom is -0.494 e. The van der Waals surface area contributed by atoms with Crippen LogP contribution in [0, 0.1) is 10.1 Å². The van der Waals surface area contributed by atoms with Crippen LogP contribution in [0.15, 0.2) is 35.0 Å². The number of anilines is 3. The molecule has 1 aromatic heterocycles. The Hall–Kier alpha value is -3.51. The first kappa shape index (κ1) is 19.8. The van der Waals surface area contributed by atoms with E-state index in [1.807, 2.05) is 12.1 Å². The SMILES string of the molecule is COc1cc([N+](=O)[O-])ccc1NC(=S)Nc1ccc(N2CCOCC2)c2nonc12. The van der Waals surface area contributed by atoms with Crippen LogP contribution >= 0.6 is 12.2 Å². The summed E-state index contributed by atoms with van der Waals surface area (Å²) < 4.78 is 15.6. The van der Waals surface area contributed by atoms with Gasteiger partial charge in [-0.05, 0) is 40.7 Å². The van der Waals surface area contributed by atoms with E-state index < -0.39 is 4.92 Å². The second-order valence-electron chi connectivity index (χ2n) is 6.41. The summed E-state index contributed by atoms with van der Waals surface area (Å²) in [6, 6.07) is 7.99. The number of nitro benzene ring substituents is 1. The van der Waals surface area contributed by atoms with Crippen molar-refractivity contribution in [3.63, 3.8) is 0 Å². The van der Waals surface area contributed by atoms with Gasteiger partial charge in [0.2, 0.25) is 0 Å². The summed E-state index contributed by atoms with van der Waals surface area (Å²) in [4.78, 5) is 12.6. The number of nitrogens with one attached hydrogen (secondary N) is 2. The van der Waals surface area contributed by atoms with Crippen LogP contribution < -0.4 is 20.3 Å². The first-order chi connectivity index (χ1) is 14.6. The van der Waals surface area contributed by atoms with Gasteiger partial charge >= 0.3 is 0 Å². The number of nitro groups is 1. The highest BCUT2D eigenvalue weighted by molar-refractivity contribution is 7.80. The summed E-state index contributed by atoms with van der Waals surface area (Å²) >= 11 is 5.39. The van der Waals surface area contributed by atoms with Gasteiger partial charge in [0.1, 0.15) is 5.75 Å². The van der Waals surface area contributed by atoms with E-state index in [2.05, 4.69) is 25.8 Å². The molecular formula is C18H18N6O5S. The molecular weight excluding hydrogens is 412 g/mol. The number of hydrogen-bond acceptors (Lipinski definition) is 9. The number of hydrogen-bond donors (Lipinski definition) is 2. The van der Waals surface area contributed by atoms with Gasteiger partial charge in [-0.3, -0.25) is 10.1 Å². The maximum Gasteiger partial charge on any atom is 0.273 e. The fourth-order valence-electron chi connectivity index (χ4n) is 3.19. The van der Waals surface area contributed by atoms with Crippen LogP contribution in [0.2, 0.25) is 0 Å². The molecule has 1 aliphatic rings. The van der Waals surface area contributed by atoms with Crippen LogP contribution in [0.25, 0.3) is 11.0 Å². The van der Waals surface area contributed by atoms with Gasteiger partial charge in [0.25, 0.3) is 5.69 Å². The van der Waals surface area contributed by atoms with E-state index in [0.29, 0.717) is 41.4 Å². The van der Waals surface area contributed by atoms with Crippen molar-refractivity contribution in [1.29, 1.82) is 0 Å². The molecule has 11 nitrogen and oxygen atoms in total. The third-order valence-electron chi connectivity index (χ3n) is 4.64. The molecule has 1 aliphatic heterocycles. The molecule has 0 aliphatic carbocycles. The number of morpholine rings is 1. The number of ether oxygens (including phenoxy) is 2. The Morgan fingerprint density at radius 1 is 1.17 bits per heavy atom. The van der Waals surface area contributed by atoms with Crippen LogP contribution in [0.3, 0.4) is 0 Å². The number of benzene rings is 2. The normalized spacial score (nSPS) is 13.8. The zero-order valence-electron chi connectivity index (χ0n) is 16.0. The van der Waals surface area contributed by atoms with Crippen molar-refractivity contribution in [2.24, 2.45) is 0 Å². The Morgan fingerprint density at radius 2 is 1.87 bits per heavy atom. The van der Waals surface area contributed by atoms with Crippen molar-refractivity contribution in [2.75, 3.05) is 48.9 Å². The Morgan fingerprint density at radius 3 is 2.60 bits per heavy atom. The van der Waals surface area contributed by atoms with E-state index in [1.165, 1.54) is 25.3 Å². The smallest absolute Gasteiger partial charge is 0.273 e. The Kier molecular flexibility index (Phi) is 5.59. The predicted octanol–water partition coefficient (Wildman–Crippen LogP) is 2.79. The lowest BCUT2D eigenvalue weighted by Crippen LogP contribution is -2.36. The number of nitrogens with zero attached hydrogens (tertiary/aromatic N) is 4.